The van der Waals surface area contributed by atoms with Crippen LogP contribution in [0.5, 0.6) is 5.88 Å². The fourth-order valence-electron chi connectivity index (χ4n) is 0.912. The highest BCUT2D eigenvalue weighted by Gasteiger charge is 2.17. The molecule has 1 rings (SSSR count). The van der Waals surface area contributed by atoms with E-state index in [1.165, 1.54) is 13.2 Å². The first-order chi connectivity index (χ1) is 6.06. The van der Waals surface area contributed by atoms with Crippen molar-refractivity contribution in [3.63, 3.8) is 0 Å². The molecule has 1 aromatic rings. The van der Waals surface area contributed by atoms with Crippen LogP contribution in [0.15, 0.2) is 6.07 Å². The molecule has 4 N–H and O–H groups in total. The van der Waals surface area contributed by atoms with Crippen LogP contribution in [0.4, 0.5) is 20.3 Å². The normalized spacial score (nSPS) is 10.5. The van der Waals surface area contributed by atoms with Crippen molar-refractivity contribution >= 4 is 11.5 Å². The van der Waals surface area contributed by atoms with E-state index in [-0.39, 0.29) is 17.4 Å². The van der Waals surface area contributed by atoms with E-state index in [1.807, 2.05) is 0 Å². The van der Waals surface area contributed by atoms with Gasteiger partial charge in [-0.25, -0.2) is 8.78 Å². The minimum absolute atomic E-state index is 0.112. The van der Waals surface area contributed by atoms with Gasteiger partial charge in [0.25, 0.3) is 6.43 Å². The molecule has 72 valence electrons. The van der Waals surface area contributed by atoms with Crippen molar-refractivity contribution in [3.05, 3.63) is 11.6 Å². The van der Waals surface area contributed by atoms with Crippen LogP contribution in [0.1, 0.15) is 12.0 Å². The average Bonchev–Trinajstić information content (AvgIpc) is 2.02. The van der Waals surface area contributed by atoms with Crippen molar-refractivity contribution in [2.24, 2.45) is 0 Å². The third-order valence-electron chi connectivity index (χ3n) is 1.52. The van der Waals surface area contributed by atoms with E-state index >= 15 is 0 Å². The molecule has 13 heavy (non-hydrogen) atoms. The summed E-state index contributed by atoms with van der Waals surface area (Å²) in [6, 6.07) is 1.21. The molecule has 6 heteroatoms. The Morgan fingerprint density at radius 3 is 2.46 bits per heavy atom. The maximum Gasteiger partial charge on any atom is 0.269 e. The highest BCUT2D eigenvalue weighted by Crippen LogP contribution is 2.31. The molecule has 0 bridgehead atoms. The van der Waals surface area contributed by atoms with Gasteiger partial charge in [0.1, 0.15) is 5.82 Å². The van der Waals surface area contributed by atoms with Gasteiger partial charge in [-0.15, -0.1) is 0 Å². The largest absolute Gasteiger partial charge is 0.481 e. The number of ether oxygens (including phenoxy) is 1. The molecular formula is C7H9F2N3O. The van der Waals surface area contributed by atoms with Gasteiger partial charge in [-0.1, -0.05) is 0 Å². The number of rotatable bonds is 2. The number of methoxy groups -OCH3 is 1. The molecule has 0 atom stereocenters. The lowest BCUT2D eigenvalue weighted by molar-refractivity contribution is 0.152. The SMILES string of the molecule is COc1cc(N)c(C(F)F)c(N)n1. The lowest BCUT2D eigenvalue weighted by Crippen LogP contribution is -2.04. The Hall–Kier alpha value is -1.59. The molecule has 0 aliphatic rings. The molecular weight excluding hydrogens is 180 g/mol. The van der Waals surface area contributed by atoms with Crippen molar-refractivity contribution in [2.45, 2.75) is 6.43 Å². The Bertz CT molecular complexity index is 294. The third kappa shape index (κ3) is 1.77. The van der Waals surface area contributed by atoms with E-state index in [1.54, 1.807) is 0 Å². The Labute approximate surface area is 73.5 Å². The maximum absolute atomic E-state index is 12.3. The first-order valence-corrected chi connectivity index (χ1v) is 3.44. The zero-order valence-corrected chi connectivity index (χ0v) is 6.92. The summed E-state index contributed by atoms with van der Waals surface area (Å²) in [6.45, 7) is 0. The molecule has 0 aromatic carbocycles. The second-order valence-corrected chi connectivity index (χ2v) is 2.35. The summed E-state index contributed by atoms with van der Waals surface area (Å²) in [6.07, 6.45) is -2.72. The summed E-state index contributed by atoms with van der Waals surface area (Å²) in [5.41, 5.74) is 10.0. The number of hydrogen-bond acceptors (Lipinski definition) is 4. The Morgan fingerprint density at radius 1 is 1.46 bits per heavy atom. The predicted octanol–water partition coefficient (Wildman–Crippen LogP) is 1.19. The number of pyridine rings is 1. The van der Waals surface area contributed by atoms with Gasteiger partial charge >= 0.3 is 0 Å². The number of alkyl halides is 2. The smallest absolute Gasteiger partial charge is 0.269 e. The van der Waals surface area contributed by atoms with Crippen LogP contribution in [0.3, 0.4) is 0 Å². The zero-order chi connectivity index (χ0) is 10.0. The topological polar surface area (TPSA) is 74.2 Å². The number of hydrogen-bond donors (Lipinski definition) is 2. The lowest BCUT2D eigenvalue weighted by atomic mass is 10.2. The van der Waals surface area contributed by atoms with E-state index in [4.69, 9.17) is 16.2 Å². The fourth-order valence-corrected chi connectivity index (χ4v) is 0.912. The van der Waals surface area contributed by atoms with Crippen LogP contribution in [-0.2, 0) is 0 Å². The maximum atomic E-state index is 12.3. The number of nitrogens with two attached hydrogens (primary N) is 2. The molecule has 0 saturated carbocycles. The van der Waals surface area contributed by atoms with E-state index < -0.39 is 12.0 Å². The first-order valence-electron chi connectivity index (χ1n) is 3.44. The second kappa shape index (κ2) is 3.42. The van der Waals surface area contributed by atoms with Crippen LogP contribution in [0.2, 0.25) is 0 Å². The van der Waals surface area contributed by atoms with Crippen molar-refractivity contribution in [1.82, 2.24) is 4.98 Å². The molecule has 0 radical (unpaired) electrons. The van der Waals surface area contributed by atoms with Gasteiger partial charge in [0, 0.05) is 11.8 Å². The van der Waals surface area contributed by atoms with Crippen LogP contribution in [0, 0.1) is 0 Å². The van der Waals surface area contributed by atoms with Gasteiger partial charge < -0.3 is 16.2 Å². The molecule has 0 fully saturated rings. The minimum Gasteiger partial charge on any atom is -0.481 e. The minimum atomic E-state index is -2.72. The molecule has 0 aliphatic heterocycles. The number of aromatic nitrogens is 1. The molecule has 0 spiro atoms. The highest BCUT2D eigenvalue weighted by molar-refractivity contribution is 5.60. The van der Waals surface area contributed by atoms with Crippen molar-refractivity contribution < 1.29 is 13.5 Å². The standard InChI is InChI=1S/C7H9F2N3O/c1-13-4-2-3(10)5(6(8)9)7(11)12-4/h2,6H,1H3,(H4,10,11,12). The Morgan fingerprint density at radius 2 is 2.08 bits per heavy atom. The van der Waals surface area contributed by atoms with Gasteiger partial charge in [-0.3, -0.25) is 0 Å². The summed E-state index contributed by atoms with van der Waals surface area (Å²) in [5.74, 6) is -0.175. The predicted molar refractivity (Wildman–Crippen MR) is 44.6 cm³/mol. The quantitative estimate of drug-likeness (QED) is 0.732. The summed E-state index contributed by atoms with van der Waals surface area (Å²) >= 11 is 0. The third-order valence-corrected chi connectivity index (χ3v) is 1.52. The summed E-state index contributed by atoms with van der Waals surface area (Å²) in [5, 5.41) is 0. The summed E-state index contributed by atoms with van der Waals surface area (Å²) in [7, 11) is 1.35. The van der Waals surface area contributed by atoms with E-state index in [0.29, 0.717) is 0 Å². The molecule has 0 unspecified atom stereocenters. The van der Waals surface area contributed by atoms with E-state index in [2.05, 4.69) is 4.98 Å². The number of nitrogen functional groups attached to an aromatic ring is 2. The van der Waals surface area contributed by atoms with Gasteiger partial charge in [0.15, 0.2) is 0 Å². The highest BCUT2D eigenvalue weighted by atomic mass is 19.3. The van der Waals surface area contributed by atoms with Crippen LogP contribution in [-0.4, -0.2) is 12.1 Å². The Balaban J connectivity index is 3.23. The summed E-state index contributed by atoms with van der Waals surface area (Å²) < 4.78 is 29.3. The van der Waals surface area contributed by atoms with Crippen molar-refractivity contribution in [1.29, 1.82) is 0 Å². The molecule has 1 aromatic heterocycles. The summed E-state index contributed by atoms with van der Waals surface area (Å²) in [4.78, 5) is 3.57. The molecule has 1 heterocycles. The Kier molecular flexibility index (Phi) is 2.50. The molecule has 0 amide bonds. The van der Waals surface area contributed by atoms with Crippen molar-refractivity contribution in [2.75, 3.05) is 18.6 Å². The second-order valence-electron chi connectivity index (χ2n) is 2.35. The molecule has 0 aliphatic carbocycles. The van der Waals surface area contributed by atoms with Crippen molar-refractivity contribution in [3.8, 4) is 5.88 Å². The van der Waals surface area contributed by atoms with E-state index in [9.17, 15) is 8.78 Å². The number of anilines is 2. The average molecular weight is 189 g/mol. The van der Waals surface area contributed by atoms with Crippen LogP contribution < -0.4 is 16.2 Å². The molecule has 4 nitrogen and oxygen atoms in total. The van der Waals surface area contributed by atoms with E-state index in [0.717, 1.165) is 0 Å². The zero-order valence-electron chi connectivity index (χ0n) is 6.92. The molecule has 0 saturated heterocycles. The van der Waals surface area contributed by atoms with Crippen LogP contribution in [0.25, 0.3) is 0 Å². The van der Waals surface area contributed by atoms with Gasteiger partial charge in [-0.05, 0) is 0 Å². The first kappa shape index (κ1) is 9.50. The van der Waals surface area contributed by atoms with Gasteiger partial charge in [0.2, 0.25) is 5.88 Å². The van der Waals surface area contributed by atoms with Gasteiger partial charge in [0.05, 0.1) is 12.7 Å². The fraction of sp³-hybridized carbons (Fsp3) is 0.286. The number of halogens is 2. The van der Waals surface area contributed by atoms with Crippen LogP contribution >= 0.6 is 0 Å². The monoisotopic (exact) mass is 189 g/mol. The lowest BCUT2D eigenvalue weighted by Gasteiger charge is -2.08. The number of nitrogens with zero attached hydrogens (tertiary/aromatic N) is 1. The van der Waals surface area contributed by atoms with Gasteiger partial charge in [-0.2, -0.15) is 4.98 Å².